The lowest BCUT2D eigenvalue weighted by Crippen LogP contribution is -2.52. The molecule has 474 valence electrons. The first kappa shape index (κ1) is 67.7. The van der Waals surface area contributed by atoms with E-state index in [0.717, 1.165) is 91.2 Å². The summed E-state index contributed by atoms with van der Waals surface area (Å²) in [7, 11) is 0. The van der Waals surface area contributed by atoms with Gasteiger partial charge in [-0.1, -0.05) is 117 Å². The summed E-state index contributed by atoms with van der Waals surface area (Å²) in [6.07, 6.45) is 4.91. The quantitative estimate of drug-likeness (QED) is 0.170. The second kappa shape index (κ2) is 34.7. The maximum absolute atomic E-state index is 4.31. The zero-order valence-corrected chi connectivity index (χ0v) is 52.2. The lowest BCUT2D eigenvalue weighted by Gasteiger charge is -2.35. The molecule has 22 heteroatoms. The summed E-state index contributed by atoms with van der Waals surface area (Å²) in [5.41, 5.74) is 19.0. The maximum Gasteiger partial charge on any atom is 0.0701 e. The second-order valence-corrected chi connectivity index (χ2v) is 23.3. The van der Waals surface area contributed by atoms with Gasteiger partial charge in [0.05, 0.1) is 100 Å². The van der Waals surface area contributed by atoms with Gasteiger partial charge < -0.3 is 85.1 Å². The molecule has 0 unspecified atom stereocenters. The van der Waals surface area contributed by atoms with E-state index in [1.165, 1.54) is 22.3 Å². The van der Waals surface area contributed by atoms with Crippen molar-refractivity contribution in [3.05, 3.63) is 231 Å². The first-order chi connectivity index (χ1) is 41.6. The van der Waals surface area contributed by atoms with Crippen molar-refractivity contribution in [1.82, 2.24) is 114 Å². The molecule has 10 aliphatic rings. The van der Waals surface area contributed by atoms with Crippen LogP contribution < -0.4 is 85.1 Å². The minimum Gasteiger partial charge on any atom is -0.384 e. The van der Waals surface area contributed by atoms with Crippen LogP contribution in [0.25, 0.3) is 0 Å². The summed E-state index contributed by atoms with van der Waals surface area (Å²) in [5.74, 6) is 0. The molecule has 87 heavy (non-hydrogen) atoms. The standard InChI is InChI=1S/C35H52N10.C30H52N12/c1-24-9-28(5)40-19-44-20-41-29(6)11-26(3)38-17-34-13-32(15-36-24)33-14-35(34)18-39-27(4)12-31(8)43-22-45(23-44)21-42-30(7)10-25(2)37-16-33;1-23-9-24(2)32-14-40-16-34-26(4)10-25(3)33-15-39(13-31-23)21-41-17-35-27(5)11-29(7)37-19-42(22-40)20-38-30(8)12-28(6)36-18-41/h13-14,36-43H,1-12,15-23H2;31-38H,1-22H2. The molecule has 1 aromatic rings. The zero-order valence-electron chi connectivity index (χ0n) is 52.2. The van der Waals surface area contributed by atoms with Gasteiger partial charge in [-0.05, 0) is 22.3 Å². The van der Waals surface area contributed by atoms with E-state index in [9.17, 15) is 0 Å². The van der Waals surface area contributed by atoms with Crippen molar-refractivity contribution in [1.29, 1.82) is 0 Å². The number of hydrogen-bond acceptors (Lipinski definition) is 22. The van der Waals surface area contributed by atoms with Crippen molar-refractivity contribution in [2.24, 2.45) is 0 Å². The molecule has 16 N–H and O–H groups in total. The first-order valence-electron chi connectivity index (χ1n) is 29.7. The number of fused-ring (bicyclic) bond motifs is 24. The summed E-state index contributed by atoms with van der Waals surface area (Å²) in [4.78, 5) is 13.5. The molecule has 10 aliphatic heterocycles. The van der Waals surface area contributed by atoms with Crippen LogP contribution in [-0.2, 0) is 26.2 Å². The molecule has 0 spiro atoms. The minimum atomic E-state index is 0.570. The van der Waals surface area contributed by atoms with E-state index in [1.807, 2.05) is 0 Å². The van der Waals surface area contributed by atoms with Gasteiger partial charge in [0.1, 0.15) is 0 Å². The Bertz CT molecular complexity index is 2340. The molecule has 6 fully saturated rings. The molecule has 0 radical (unpaired) electrons. The monoisotopic (exact) mass is 1190 g/mol. The molecular weight excluding hydrogens is 1090 g/mol. The van der Waals surface area contributed by atoms with Crippen LogP contribution in [0.5, 0.6) is 0 Å². The Morgan fingerprint density at radius 1 is 0.184 bits per heavy atom. The summed E-state index contributed by atoms with van der Waals surface area (Å²) in [5, 5.41) is 56.1. The molecule has 6 saturated heterocycles. The third-order valence-corrected chi connectivity index (χ3v) is 14.9. The Kier molecular flexibility index (Phi) is 27.0. The highest BCUT2D eigenvalue weighted by Gasteiger charge is 2.21. The summed E-state index contributed by atoms with van der Waals surface area (Å²) >= 11 is 0. The van der Waals surface area contributed by atoms with E-state index in [-0.39, 0.29) is 0 Å². The van der Waals surface area contributed by atoms with Crippen molar-refractivity contribution in [2.75, 3.05) is 100 Å². The fourth-order valence-electron chi connectivity index (χ4n) is 9.86. The van der Waals surface area contributed by atoms with Gasteiger partial charge in [-0.2, -0.15) is 0 Å². The molecule has 0 amide bonds. The predicted octanol–water partition coefficient (Wildman–Crippen LogP) is 4.70. The number of nitrogens with zero attached hydrogens (tertiary/aromatic N) is 6. The third kappa shape index (κ3) is 25.6. The van der Waals surface area contributed by atoms with Crippen LogP contribution in [0.15, 0.2) is 209 Å². The van der Waals surface area contributed by atoms with E-state index in [4.69, 9.17) is 0 Å². The van der Waals surface area contributed by atoms with E-state index < -0.39 is 0 Å². The van der Waals surface area contributed by atoms with Crippen molar-refractivity contribution in [2.45, 2.75) is 77.5 Å². The van der Waals surface area contributed by atoms with E-state index in [2.05, 4.69) is 232 Å². The molecule has 0 aromatic heterocycles. The van der Waals surface area contributed by atoms with Gasteiger partial charge in [0.15, 0.2) is 0 Å². The average Bonchev–Trinajstić information content (AvgIpc) is 3.56. The number of benzene rings is 1. The van der Waals surface area contributed by atoms with Crippen LogP contribution in [0.1, 0.15) is 73.6 Å². The normalized spacial score (nSPS) is 25.8. The topological polar surface area (TPSA) is 212 Å². The van der Waals surface area contributed by atoms with Crippen molar-refractivity contribution in [3.8, 4) is 0 Å². The summed E-state index contributed by atoms with van der Waals surface area (Å²) in [6, 6.07) is 4.55. The largest absolute Gasteiger partial charge is 0.384 e. The predicted molar refractivity (Wildman–Crippen MR) is 359 cm³/mol. The van der Waals surface area contributed by atoms with Gasteiger partial charge in [0.2, 0.25) is 0 Å². The van der Waals surface area contributed by atoms with Gasteiger partial charge in [-0.25, -0.2) is 0 Å². The lowest BCUT2D eigenvalue weighted by molar-refractivity contribution is 0.106. The Morgan fingerprint density at radius 2 is 0.299 bits per heavy atom. The summed E-state index contributed by atoms with van der Waals surface area (Å²) < 4.78 is 0. The molecule has 0 saturated carbocycles. The van der Waals surface area contributed by atoms with E-state index >= 15 is 0 Å². The molecule has 0 atom stereocenters. The van der Waals surface area contributed by atoms with Crippen molar-refractivity contribution < 1.29 is 0 Å². The highest BCUT2D eigenvalue weighted by atomic mass is 15.4. The van der Waals surface area contributed by atoms with E-state index in [1.54, 1.807) is 0 Å². The van der Waals surface area contributed by atoms with Gasteiger partial charge in [0.25, 0.3) is 0 Å². The average molecular weight is 1190 g/mol. The Morgan fingerprint density at radius 3 is 0.425 bits per heavy atom. The van der Waals surface area contributed by atoms with Gasteiger partial charge in [0, 0.05) is 169 Å². The van der Waals surface area contributed by atoms with Crippen LogP contribution >= 0.6 is 0 Å². The number of nitrogens with one attached hydrogen (secondary N) is 16. The minimum absolute atomic E-state index is 0.570. The van der Waals surface area contributed by atoms with Gasteiger partial charge in [-0.3, -0.25) is 29.4 Å². The van der Waals surface area contributed by atoms with Crippen LogP contribution in [0.2, 0.25) is 0 Å². The highest BCUT2D eigenvalue weighted by molar-refractivity contribution is 5.40. The van der Waals surface area contributed by atoms with Crippen molar-refractivity contribution in [3.63, 3.8) is 0 Å². The molecule has 0 aliphatic carbocycles. The van der Waals surface area contributed by atoms with Gasteiger partial charge >= 0.3 is 0 Å². The van der Waals surface area contributed by atoms with Crippen molar-refractivity contribution >= 4 is 0 Å². The molecular formula is C65H104N22. The molecule has 11 rings (SSSR count). The van der Waals surface area contributed by atoms with Gasteiger partial charge in [-0.15, -0.1) is 0 Å². The smallest absolute Gasteiger partial charge is 0.0701 e. The molecule has 1 aromatic carbocycles. The number of hydrogen-bond donors (Lipinski definition) is 16. The molecule has 10 heterocycles. The second-order valence-electron chi connectivity index (χ2n) is 23.3. The lowest BCUT2D eigenvalue weighted by atomic mass is 9.97. The van der Waals surface area contributed by atoms with E-state index in [0.29, 0.717) is 178 Å². The third-order valence-electron chi connectivity index (χ3n) is 14.9. The highest BCUT2D eigenvalue weighted by Crippen LogP contribution is 2.22. The Hall–Kier alpha value is -8.38. The molecule has 22 nitrogen and oxygen atoms in total. The fraction of sp³-hybridized carbons (Fsp3) is 0.415. The fourth-order valence-corrected chi connectivity index (χ4v) is 9.86. The SMILES string of the molecule is C=C1CC(=C)NCN2CNC(=C)CC(=C)NCN(CN1)CN1CNC(=C)CC(=C)NCN(CNC(=C)CC(=C)NC1)C2.C=C1CC(=C)NCN2CNC(=C)CC(=C)NCc3cc(c4cc3CNC(=C)CC(=C)NCN(CNC(=C)CC(=C)NC4)C2)CN1. The first-order valence-corrected chi connectivity index (χ1v) is 29.7. The van der Waals surface area contributed by atoms with Crippen LogP contribution in [-0.4, -0.2) is 129 Å². The zero-order chi connectivity index (χ0) is 62.8. The summed E-state index contributed by atoms with van der Waals surface area (Å²) in [6.45, 7) is 79.7. The van der Waals surface area contributed by atoms with Crippen LogP contribution in [0.3, 0.4) is 0 Å². The Balaban J connectivity index is 0.000000279. The maximum atomic E-state index is 4.31. The number of rotatable bonds is 0. The molecule has 10 bridgehead atoms. The Labute approximate surface area is 520 Å². The van der Waals surface area contributed by atoms with Crippen LogP contribution in [0, 0.1) is 0 Å². The van der Waals surface area contributed by atoms with Crippen LogP contribution in [0.4, 0.5) is 0 Å².